The number of nitrogens with one attached hydrogen (secondary N) is 3. The Bertz CT molecular complexity index is 2320. The summed E-state index contributed by atoms with van der Waals surface area (Å²) in [4.78, 5) is 57.5. The zero-order valence-electron chi connectivity index (χ0n) is 27.2. The first kappa shape index (κ1) is 32.1. The molecule has 0 unspecified atom stereocenters. The number of fused-ring (bicyclic) bond motifs is 4. The highest BCUT2D eigenvalue weighted by molar-refractivity contribution is 6.35. The predicted molar refractivity (Wildman–Crippen MR) is 194 cm³/mol. The van der Waals surface area contributed by atoms with Gasteiger partial charge in [0.1, 0.15) is 6.61 Å². The molecular weight excluding hydrogens is 666 g/mol. The average molecular weight is 698 g/mol. The molecule has 1 saturated heterocycles. The molecule has 1 aliphatic carbocycles. The van der Waals surface area contributed by atoms with Crippen LogP contribution in [0.3, 0.4) is 0 Å². The third kappa shape index (κ3) is 6.15. The van der Waals surface area contributed by atoms with E-state index in [0.29, 0.717) is 27.4 Å². The van der Waals surface area contributed by atoms with Crippen LogP contribution in [-0.4, -0.2) is 64.1 Å². The summed E-state index contributed by atoms with van der Waals surface area (Å²) in [5, 5.41) is 7.40. The molecule has 10 nitrogen and oxygen atoms in total. The van der Waals surface area contributed by atoms with Gasteiger partial charge in [0.25, 0.3) is 17.4 Å². The molecule has 1 fully saturated rings. The summed E-state index contributed by atoms with van der Waals surface area (Å²) in [6.45, 7) is 0.392. The number of halogens is 1. The van der Waals surface area contributed by atoms with Gasteiger partial charge >= 0.3 is 6.09 Å². The van der Waals surface area contributed by atoms with Gasteiger partial charge in [-0.1, -0.05) is 72.3 Å². The van der Waals surface area contributed by atoms with Gasteiger partial charge in [-0.3, -0.25) is 19.0 Å². The van der Waals surface area contributed by atoms with Crippen LogP contribution in [0.2, 0.25) is 5.02 Å². The van der Waals surface area contributed by atoms with E-state index in [0.717, 1.165) is 27.6 Å². The van der Waals surface area contributed by atoms with Gasteiger partial charge in [0.05, 0.1) is 17.1 Å². The zero-order valence-corrected chi connectivity index (χ0v) is 28.0. The fourth-order valence-electron chi connectivity index (χ4n) is 7.08. The molecule has 254 valence electrons. The number of aromatic amines is 1. The van der Waals surface area contributed by atoms with E-state index < -0.39 is 18.2 Å². The number of H-pyrrole nitrogens is 1. The van der Waals surface area contributed by atoms with Gasteiger partial charge in [-0.15, -0.1) is 0 Å². The topological polar surface area (TPSA) is 126 Å². The molecular formula is C40H32ClN5O5. The zero-order chi connectivity index (χ0) is 35.1. The van der Waals surface area contributed by atoms with E-state index in [-0.39, 0.29) is 43.0 Å². The Hall–Kier alpha value is -6.13. The van der Waals surface area contributed by atoms with Crippen LogP contribution in [0, 0.1) is 0 Å². The van der Waals surface area contributed by atoms with E-state index in [4.69, 9.17) is 16.3 Å². The molecule has 51 heavy (non-hydrogen) atoms. The van der Waals surface area contributed by atoms with Crippen molar-refractivity contribution < 1.29 is 19.1 Å². The number of amides is 3. The second kappa shape index (κ2) is 13.3. The summed E-state index contributed by atoms with van der Waals surface area (Å²) in [5.74, 6) is -0.858. The molecule has 4 aromatic carbocycles. The fourth-order valence-corrected chi connectivity index (χ4v) is 7.30. The van der Waals surface area contributed by atoms with Crippen LogP contribution in [0.4, 0.5) is 4.79 Å². The van der Waals surface area contributed by atoms with Crippen molar-refractivity contribution in [2.45, 2.75) is 18.0 Å². The molecule has 2 atom stereocenters. The molecule has 1 aliphatic heterocycles. The van der Waals surface area contributed by atoms with Crippen molar-refractivity contribution in [3.8, 4) is 16.8 Å². The largest absolute Gasteiger partial charge is 0.448 e. The van der Waals surface area contributed by atoms with Gasteiger partial charge in [0.2, 0.25) is 0 Å². The Morgan fingerprint density at radius 1 is 0.765 bits per heavy atom. The number of hydrogen-bond acceptors (Lipinski definition) is 5. The lowest BCUT2D eigenvalue weighted by Gasteiger charge is -2.21. The second-order valence-corrected chi connectivity index (χ2v) is 13.1. The van der Waals surface area contributed by atoms with Crippen LogP contribution in [0.1, 0.15) is 37.8 Å². The molecule has 6 aromatic rings. The second-order valence-electron chi connectivity index (χ2n) is 12.7. The summed E-state index contributed by atoms with van der Waals surface area (Å²) >= 11 is 6.23. The van der Waals surface area contributed by atoms with E-state index >= 15 is 0 Å². The maximum atomic E-state index is 13.6. The van der Waals surface area contributed by atoms with Gasteiger partial charge in [0, 0.05) is 65.2 Å². The molecule has 11 heteroatoms. The Morgan fingerprint density at radius 2 is 1.37 bits per heavy atom. The first-order chi connectivity index (χ1) is 24.8. The number of pyridine rings is 1. The van der Waals surface area contributed by atoms with Crippen molar-refractivity contribution in [3.05, 3.63) is 159 Å². The number of benzene rings is 4. The van der Waals surface area contributed by atoms with Gasteiger partial charge in [-0.2, -0.15) is 0 Å². The van der Waals surface area contributed by atoms with E-state index in [1.54, 1.807) is 67.0 Å². The van der Waals surface area contributed by atoms with Crippen molar-refractivity contribution in [2.75, 3.05) is 19.7 Å². The number of carbonyl (C=O) groups is 3. The minimum Gasteiger partial charge on any atom is -0.448 e. The van der Waals surface area contributed by atoms with Crippen molar-refractivity contribution in [3.63, 3.8) is 0 Å². The minimum atomic E-state index is -0.623. The first-order valence-electron chi connectivity index (χ1n) is 16.6. The SMILES string of the molecule is O=C(N[C@H]1CN(C(=O)OCC2c3ccccc3-c3ccccc32)C[C@H]1NC(=O)c1ccc2c(Cl)c[nH]c2c1)c1ccc(-n2ccccc2=O)cc1. The van der Waals surface area contributed by atoms with E-state index in [2.05, 4.69) is 39.9 Å². The van der Waals surface area contributed by atoms with Gasteiger partial charge < -0.3 is 25.3 Å². The minimum absolute atomic E-state index is 0.110. The van der Waals surface area contributed by atoms with Crippen molar-refractivity contribution in [2.24, 2.45) is 0 Å². The van der Waals surface area contributed by atoms with E-state index in [9.17, 15) is 19.2 Å². The lowest BCUT2D eigenvalue weighted by atomic mass is 9.98. The van der Waals surface area contributed by atoms with E-state index in [1.807, 2.05) is 24.3 Å². The summed E-state index contributed by atoms with van der Waals surface area (Å²) in [6.07, 6.45) is 2.78. The maximum absolute atomic E-state index is 13.6. The Kier molecular flexibility index (Phi) is 8.37. The number of carbonyl (C=O) groups excluding carboxylic acids is 3. The smallest absolute Gasteiger partial charge is 0.409 e. The number of nitrogens with zero attached hydrogens (tertiary/aromatic N) is 2. The molecule has 0 radical (unpaired) electrons. The summed E-state index contributed by atoms with van der Waals surface area (Å²) < 4.78 is 7.41. The molecule has 0 bridgehead atoms. The molecule has 3 amide bonds. The Morgan fingerprint density at radius 3 is 2.04 bits per heavy atom. The average Bonchev–Trinajstić information content (AvgIpc) is 3.83. The Labute approximate surface area is 297 Å². The van der Waals surface area contributed by atoms with Crippen molar-refractivity contribution in [1.82, 2.24) is 25.1 Å². The summed E-state index contributed by atoms with van der Waals surface area (Å²) in [5.41, 5.74) is 6.37. The van der Waals surface area contributed by atoms with Crippen LogP contribution >= 0.6 is 11.6 Å². The number of likely N-dealkylation sites (tertiary alicyclic amines) is 1. The maximum Gasteiger partial charge on any atom is 0.409 e. The van der Waals surface area contributed by atoms with Crippen LogP contribution < -0.4 is 16.2 Å². The lowest BCUT2D eigenvalue weighted by Crippen LogP contribution is -2.51. The van der Waals surface area contributed by atoms with Crippen molar-refractivity contribution >= 4 is 40.4 Å². The number of aromatic nitrogens is 2. The fraction of sp³-hybridized carbons (Fsp3) is 0.150. The van der Waals surface area contributed by atoms with Gasteiger partial charge in [-0.25, -0.2) is 4.79 Å². The van der Waals surface area contributed by atoms with Crippen LogP contribution in [0.15, 0.2) is 126 Å². The van der Waals surface area contributed by atoms with Crippen LogP contribution in [-0.2, 0) is 4.74 Å². The molecule has 8 rings (SSSR count). The lowest BCUT2D eigenvalue weighted by molar-refractivity contribution is 0.0897. The van der Waals surface area contributed by atoms with Crippen LogP contribution in [0.5, 0.6) is 0 Å². The predicted octanol–water partition coefficient (Wildman–Crippen LogP) is 6.13. The molecule has 3 N–H and O–H groups in total. The third-order valence-corrected chi connectivity index (χ3v) is 9.98. The number of ether oxygens (including phenoxy) is 1. The molecule has 3 heterocycles. The summed E-state index contributed by atoms with van der Waals surface area (Å²) in [6, 6.07) is 31.7. The molecule has 0 saturated carbocycles. The van der Waals surface area contributed by atoms with Gasteiger partial charge in [-0.05, 0) is 64.7 Å². The Balaban J connectivity index is 0.999. The normalized spacial score (nSPS) is 16.5. The first-order valence-corrected chi connectivity index (χ1v) is 17.0. The highest BCUT2D eigenvalue weighted by Gasteiger charge is 2.39. The highest BCUT2D eigenvalue weighted by atomic mass is 35.5. The third-order valence-electron chi connectivity index (χ3n) is 9.67. The van der Waals surface area contributed by atoms with Gasteiger partial charge in [0.15, 0.2) is 0 Å². The number of hydrogen-bond donors (Lipinski definition) is 3. The monoisotopic (exact) mass is 697 g/mol. The molecule has 2 aliphatic rings. The standard InChI is InChI=1S/C40H32ClN5O5/c41-33-20-42-34-19-25(14-17-31(33)34)39(49)44-36-22-45(40(50)51-23-32-29-9-3-1-7-27(29)28-8-2-4-10-30(28)32)21-35(36)43-38(48)24-12-15-26(16-13-24)46-18-6-5-11-37(46)47/h1-20,32,35-36,42H,21-23H2,(H,43,48)(H,44,49)/t35-,36+/m0/s1. The molecule has 2 aromatic heterocycles. The highest BCUT2D eigenvalue weighted by Crippen LogP contribution is 2.44. The number of rotatable bonds is 7. The van der Waals surface area contributed by atoms with Crippen LogP contribution in [0.25, 0.3) is 27.7 Å². The summed E-state index contributed by atoms with van der Waals surface area (Å²) in [7, 11) is 0. The van der Waals surface area contributed by atoms with E-state index in [1.165, 1.54) is 15.5 Å². The molecule has 0 spiro atoms. The van der Waals surface area contributed by atoms with Crippen molar-refractivity contribution in [1.29, 1.82) is 0 Å². The quantitative estimate of drug-likeness (QED) is 0.185.